The summed E-state index contributed by atoms with van der Waals surface area (Å²) in [5.41, 5.74) is 5.97. The fourth-order valence-corrected chi connectivity index (χ4v) is 1.54. The third-order valence-corrected chi connectivity index (χ3v) is 2.43. The number of phenols is 1. The maximum atomic E-state index is 11.0. The van der Waals surface area contributed by atoms with Crippen molar-refractivity contribution in [3.8, 4) is 22.6 Å². The fraction of sp³-hybridized carbons (Fsp3) is 0.0909. The molecule has 2 rings (SSSR count). The highest BCUT2D eigenvalue weighted by Gasteiger charge is 2.19. The number of phenolic OH excluding ortho intramolecular Hbond substituents is 1. The minimum atomic E-state index is -1.15. The molecule has 7 heteroatoms. The molecule has 0 saturated heterocycles. The number of hydrogen-bond acceptors (Lipinski definition) is 6. The molecule has 94 valence electrons. The van der Waals surface area contributed by atoms with Crippen molar-refractivity contribution < 1.29 is 24.3 Å². The number of methoxy groups -OCH3 is 1. The van der Waals surface area contributed by atoms with Crippen LogP contribution in [0.25, 0.3) is 11.1 Å². The van der Waals surface area contributed by atoms with Crippen molar-refractivity contribution in [1.82, 2.24) is 5.16 Å². The smallest absolute Gasteiger partial charge is 0.335 e. The Balaban J connectivity index is 2.70. The fourth-order valence-electron chi connectivity index (χ4n) is 1.54. The molecule has 0 unspecified atom stereocenters. The van der Waals surface area contributed by atoms with E-state index in [0.29, 0.717) is 5.56 Å². The molecule has 1 heterocycles. The number of carbonyl (C=O) groups is 1. The van der Waals surface area contributed by atoms with Gasteiger partial charge in [-0.25, -0.2) is 4.79 Å². The van der Waals surface area contributed by atoms with Gasteiger partial charge < -0.3 is 25.2 Å². The lowest BCUT2D eigenvalue weighted by Crippen LogP contribution is -1.99. The second-order valence-electron chi connectivity index (χ2n) is 3.48. The minimum absolute atomic E-state index is 0.0186. The molecule has 18 heavy (non-hydrogen) atoms. The maximum Gasteiger partial charge on any atom is 0.335 e. The Morgan fingerprint density at radius 2 is 2.17 bits per heavy atom. The summed E-state index contributed by atoms with van der Waals surface area (Å²) in [6.07, 6.45) is 1.29. The highest BCUT2D eigenvalue weighted by Crippen LogP contribution is 2.40. The van der Waals surface area contributed by atoms with Crippen molar-refractivity contribution in [3.05, 3.63) is 23.9 Å². The van der Waals surface area contributed by atoms with Crippen LogP contribution in [0.1, 0.15) is 10.4 Å². The Morgan fingerprint density at radius 3 is 2.67 bits per heavy atom. The van der Waals surface area contributed by atoms with Gasteiger partial charge in [0.25, 0.3) is 0 Å². The number of hydrogen-bond donors (Lipinski definition) is 3. The summed E-state index contributed by atoms with van der Waals surface area (Å²) in [5.74, 6) is -1.36. The van der Waals surface area contributed by atoms with Gasteiger partial charge in [0.15, 0.2) is 11.5 Å². The van der Waals surface area contributed by atoms with Crippen LogP contribution in [-0.2, 0) is 0 Å². The van der Waals surface area contributed by atoms with Crippen LogP contribution < -0.4 is 10.5 Å². The number of aromatic nitrogens is 1. The summed E-state index contributed by atoms with van der Waals surface area (Å²) in [7, 11) is 1.32. The van der Waals surface area contributed by atoms with Gasteiger partial charge in [-0.15, -0.1) is 0 Å². The van der Waals surface area contributed by atoms with Gasteiger partial charge in [0, 0.05) is 5.56 Å². The molecule has 0 saturated carbocycles. The first-order valence-electron chi connectivity index (χ1n) is 4.89. The van der Waals surface area contributed by atoms with E-state index in [0.717, 1.165) is 0 Å². The number of carboxylic acids is 1. The summed E-state index contributed by atoms with van der Waals surface area (Å²) in [6.45, 7) is 0. The third-order valence-electron chi connectivity index (χ3n) is 2.43. The lowest BCUT2D eigenvalue weighted by molar-refractivity contribution is 0.0696. The molecule has 0 aliphatic carbocycles. The number of benzene rings is 1. The standard InChI is InChI=1S/C11H10N2O5/c1-17-8-3-5(11(15)16)2-6(9(8)14)7-4-13-18-10(7)12/h2-4,14H,12H2,1H3,(H,15,16). The molecular weight excluding hydrogens is 240 g/mol. The number of nitrogen functional groups attached to an aromatic ring is 1. The SMILES string of the molecule is COc1cc(C(=O)O)cc(-c2cnoc2N)c1O. The first-order chi connectivity index (χ1) is 8.54. The highest BCUT2D eigenvalue weighted by molar-refractivity contribution is 5.92. The largest absolute Gasteiger partial charge is 0.504 e. The quantitative estimate of drug-likeness (QED) is 0.751. The highest BCUT2D eigenvalue weighted by atomic mass is 16.5. The predicted molar refractivity (Wildman–Crippen MR) is 61.5 cm³/mol. The van der Waals surface area contributed by atoms with Gasteiger partial charge in [-0.3, -0.25) is 0 Å². The number of aromatic hydroxyl groups is 1. The Hall–Kier alpha value is -2.70. The second-order valence-corrected chi connectivity index (χ2v) is 3.48. The lowest BCUT2D eigenvalue weighted by Gasteiger charge is -2.09. The second kappa shape index (κ2) is 4.28. The molecular formula is C11H10N2O5. The molecule has 1 aromatic heterocycles. The van der Waals surface area contributed by atoms with Crippen molar-refractivity contribution >= 4 is 11.9 Å². The number of nitrogens with two attached hydrogens (primary N) is 1. The normalized spacial score (nSPS) is 10.3. The molecule has 0 spiro atoms. The zero-order chi connectivity index (χ0) is 13.3. The van der Waals surface area contributed by atoms with Crippen molar-refractivity contribution in [1.29, 1.82) is 0 Å². The summed E-state index contributed by atoms with van der Waals surface area (Å²) in [6, 6.07) is 2.48. The number of rotatable bonds is 3. The third kappa shape index (κ3) is 1.81. The molecule has 0 bridgehead atoms. The van der Waals surface area contributed by atoms with E-state index < -0.39 is 5.97 Å². The molecule has 2 aromatic rings. The van der Waals surface area contributed by atoms with Crippen LogP contribution in [0.4, 0.5) is 5.88 Å². The molecule has 0 aliphatic heterocycles. The lowest BCUT2D eigenvalue weighted by atomic mass is 10.0. The van der Waals surface area contributed by atoms with E-state index in [-0.39, 0.29) is 28.5 Å². The monoisotopic (exact) mass is 250 g/mol. The summed E-state index contributed by atoms with van der Waals surface area (Å²) >= 11 is 0. The van der Waals surface area contributed by atoms with Crippen LogP contribution in [0.2, 0.25) is 0 Å². The molecule has 7 nitrogen and oxygen atoms in total. The van der Waals surface area contributed by atoms with Gasteiger partial charge in [-0.2, -0.15) is 0 Å². The number of aromatic carboxylic acids is 1. The van der Waals surface area contributed by atoms with E-state index in [9.17, 15) is 9.90 Å². The Morgan fingerprint density at radius 1 is 1.44 bits per heavy atom. The van der Waals surface area contributed by atoms with Gasteiger partial charge in [-0.1, -0.05) is 5.16 Å². The van der Waals surface area contributed by atoms with Gasteiger partial charge in [-0.05, 0) is 12.1 Å². The zero-order valence-electron chi connectivity index (χ0n) is 9.38. The van der Waals surface area contributed by atoms with E-state index in [2.05, 4.69) is 9.68 Å². The van der Waals surface area contributed by atoms with Crippen LogP contribution in [0.5, 0.6) is 11.5 Å². The van der Waals surface area contributed by atoms with E-state index in [1.165, 1.54) is 25.4 Å². The number of anilines is 1. The molecule has 1 aromatic carbocycles. The molecule has 0 radical (unpaired) electrons. The molecule has 0 fully saturated rings. The van der Waals surface area contributed by atoms with E-state index in [4.69, 9.17) is 15.6 Å². The first-order valence-corrected chi connectivity index (χ1v) is 4.89. The number of ether oxygens (including phenoxy) is 1. The topological polar surface area (TPSA) is 119 Å². The average molecular weight is 250 g/mol. The van der Waals surface area contributed by atoms with Crippen LogP contribution >= 0.6 is 0 Å². The van der Waals surface area contributed by atoms with E-state index in [1.807, 2.05) is 0 Å². The Kier molecular flexibility index (Phi) is 2.80. The summed E-state index contributed by atoms with van der Waals surface area (Å²) in [5, 5.41) is 22.4. The zero-order valence-corrected chi connectivity index (χ0v) is 9.38. The minimum Gasteiger partial charge on any atom is -0.504 e. The van der Waals surface area contributed by atoms with Gasteiger partial charge >= 0.3 is 5.97 Å². The summed E-state index contributed by atoms with van der Waals surface area (Å²) < 4.78 is 9.59. The Labute approximate surface area is 101 Å². The first kappa shape index (κ1) is 11.8. The number of nitrogens with zero attached hydrogens (tertiary/aromatic N) is 1. The average Bonchev–Trinajstić information content (AvgIpc) is 2.75. The van der Waals surface area contributed by atoms with Crippen LogP contribution in [0, 0.1) is 0 Å². The molecule has 0 amide bonds. The van der Waals surface area contributed by atoms with Gasteiger partial charge in [0.05, 0.1) is 24.4 Å². The van der Waals surface area contributed by atoms with Crippen molar-refractivity contribution in [2.75, 3.05) is 12.8 Å². The van der Waals surface area contributed by atoms with E-state index in [1.54, 1.807) is 0 Å². The predicted octanol–water partition coefficient (Wildman–Crippen LogP) is 1.34. The Bertz CT molecular complexity index is 605. The summed E-state index contributed by atoms with van der Waals surface area (Å²) in [4.78, 5) is 11.0. The van der Waals surface area contributed by atoms with Crippen LogP contribution in [0.3, 0.4) is 0 Å². The number of carboxylic acid groups (broad SMARTS) is 1. The van der Waals surface area contributed by atoms with Gasteiger partial charge in [0.1, 0.15) is 0 Å². The maximum absolute atomic E-state index is 11.0. The molecule has 0 aliphatic rings. The van der Waals surface area contributed by atoms with Crippen LogP contribution in [-0.4, -0.2) is 28.4 Å². The van der Waals surface area contributed by atoms with Crippen LogP contribution in [0.15, 0.2) is 22.9 Å². The van der Waals surface area contributed by atoms with Gasteiger partial charge in [0.2, 0.25) is 5.88 Å². The molecule has 4 N–H and O–H groups in total. The van der Waals surface area contributed by atoms with E-state index >= 15 is 0 Å². The van der Waals surface area contributed by atoms with Crippen molar-refractivity contribution in [3.63, 3.8) is 0 Å². The van der Waals surface area contributed by atoms with Crippen molar-refractivity contribution in [2.24, 2.45) is 0 Å². The molecule has 0 atom stereocenters. The van der Waals surface area contributed by atoms with Crippen molar-refractivity contribution in [2.45, 2.75) is 0 Å².